The molecule has 140 valence electrons. The Morgan fingerprint density at radius 3 is 2.56 bits per heavy atom. The van der Waals surface area contributed by atoms with E-state index in [1.54, 1.807) is 13.3 Å². The zero-order valence-electron chi connectivity index (χ0n) is 15.3. The molecule has 2 aromatic carbocycles. The third kappa shape index (κ3) is 5.63. The molecule has 0 radical (unpaired) electrons. The molecule has 1 heterocycles. The van der Waals surface area contributed by atoms with Crippen molar-refractivity contribution >= 4 is 17.4 Å². The molecular formula is C22H23ClN2O2. The fraction of sp³-hybridized carbons (Fsp3) is 0.227. The van der Waals surface area contributed by atoms with Crippen molar-refractivity contribution in [3.05, 3.63) is 83.0 Å². The van der Waals surface area contributed by atoms with Crippen molar-refractivity contribution in [2.75, 3.05) is 19.0 Å². The molecule has 0 spiro atoms. The van der Waals surface area contributed by atoms with Gasteiger partial charge in [0.05, 0.1) is 18.7 Å². The van der Waals surface area contributed by atoms with E-state index in [2.05, 4.69) is 22.4 Å². The maximum absolute atomic E-state index is 6.44. The number of halogens is 1. The normalized spacial score (nSPS) is 10.4. The number of methoxy groups -OCH3 is 1. The van der Waals surface area contributed by atoms with E-state index < -0.39 is 0 Å². The van der Waals surface area contributed by atoms with Crippen LogP contribution in [0.15, 0.2) is 66.9 Å². The zero-order chi connectivity index (χ0) is 18.9. The van der Waals surface area contributed by atoms with Crippen molar-refractivity contribution in [2.45, 2.75) is 19.4 Å². The minimum Gasteiger partial charge on any atom is -0.493 e. The number of nitrogens with one attached hydrogen (secondary N) is 1. The summed E-state index contributed by atoms with van der Waals surface area (Å²) in [6.07, 6.45) is 3.63. The lowest BCUT2D eigenvalue weighted by Gasteiger charge is -2.15. The topological polar surface area (TPSA) is 43.4 Å². The second kappa shape index (κ2) is 9.83. The number of hydrogen-bond donors (Lipinski definition) is 1. The Kier molecular flexibility index (Phi) is 6.94. The van der Waals surface area contributed by atoms with Gasteiger partial charge in [0.2, 0.25) is 0 Å². The monoisotopic (exact) mass is 382 g/mol. The molecule has 5 heteroatoms. The molecule has 1 aromatic heterocycles. The number of nitrogens with zero attached hydrogens (tertiary/aromatic N) is 1. The molecule has 0 saturated carbocycles. The number of benzene rings is 2. The molecule has 3 rings (SSSR count). The van der Waals surface area contributed by atoms with Crippen LogP contribution < -0.4 is 14.8 Å². The molecule has 0 aliphatic heterocycles. The number of hydrogen-bond acceptors (Lipinski definition) is 4. The Morgan fingerprint density at radius 1 is 1.00 bits per heavy atom. The smallest absolute Gasteiger partial charge is 0.179 e. The molecule has 0 unspecified atom stereocenters. The molecule has 4 nitrogen and oxygen atoms in total. The first-order chi connectivity index (χ1) is 13.3. The summed E-state index contributed by atoms with van der Waals surface area (Å²) < 4.78 is 11.4. The minimum atomic E-state index is 0.548. The van der Waals surface area contributed by atoms with E-state index in [9.17, 15) is 0 Å². The number of anilines is 1. The predicted octanol–water partition coefficient (Wildman–Crippen LogP) is 5.37. The van der Waals surface area contributed by atoms with E-state index >= 15 is 0 Å². The molecule has 0 atom stereocenters. The summed E-state index contributed by atoms with van der Waals surface area (Å²) in [5.74, 6) is 2.04. The third-order valence-corrected chi connectivity index (χ3v) is 4.41. The summed E-state index contributed by atoms with van der Waals surface area (Å²) in [6.45, 7) is 1.18. The Bertz CT molecular complexity index is 842. The largest absolute Gasteiger partial charge is 0.493 e. The van der Waals surface area contributed by atoms with E-state index in [0.29, 0.717) is 29.7 Å². The van der Waals surface area contributed by atoms with Crippen LogP contribution in [0.1, 0.15) is 17.5 Å². The van der Waals surface area contributed by atoms with Crippen LogP contribution in [0.4, 0.5) is 5.82 Å². The number of pyridine rings is 1. The van der Waals surface area contributed by atoms with Gasteiger partial charge < -0.3 is 14.8 Å². The Balaban J connectivity index is 1.58. The maximum Gasteiger partial charge on any atom is 0.179 e. The van der Waals surface area contributed by atoms with Crippen LogP contribution >= 0.6 is 11.6 Å². The van der Waals surface area contributed by atoms with Crippen LogP contribution in [-0.2, 0) is 13.0 Å². The van der Waals surface area contributed by atoms with Gasteiger partial charge in [0.15, 0.2) is 11.5 Å². The van der Waals surface area contributed by atoms with Crippen LogP contribution in [0.3, 0.4) is 0 Å². The molecule has 0 fully saturated rings. The van der Waals surface area contributed by atoms with Gasteiger partial charge in [-0.1, -0.05) is 48.0 Å². The number of aromatic nitrogens is 1. The van der Waals surface area contributed by atoms with Gasteiger partial charge in [0.25, 0.3) is 0 Å². The molecule has 0 saturated heterocycles. The van der Waals surface area contributed by atoms with E-state index in [0.717, 1.165) is 24.2 Å². The highest BCUT2D eigenvalue weighted by atomic mass is 35.5. The highest BCUT2D eigenvalue weighted by molar-refractivity contribution is 6.32. The van der Waals surface area contributed by atoms with Crippen molar-refractivity contribution in [2.24, 2.45) is 0 Å². The standard InChI is InChI=1S/C22H23ClN2O2/c1-26-20-15-18(16-25-21-11-5-6-12-24-21)14-19(23)22(20)27-13-7-10-17-8-3-2-4-9-17/h2-6,8-9,11-12,14-15H,7,10,13,16H2,1H3,(H,24,25). The second-order valence-electron chi connectivity index (χ2n) is 6.12. The summed E-state index contributed by atoms with van der Waals surface area (Å²) in [5, 5.41) is 3.81. The number of aryl methyl sites for hydroxylation is 1. The van der Waals surface area contributed by atoms with Crippen LogP contribution in [-0.4, -0.2) is 18.7 Å². The van der Waals surface area contributed by atoms with Crippen molar-refractivity contribution < 1.29 is 9.47 Å². The van der Waals surface area contributed by atoms with Gasteiger partial charge in [-0.3, -0.25) is 0 Å². The molecule has 0 bridgehead atoms. The summed E-state index contributed by atoms with van der Waals surface area (Å²) in [7, 11) is 1.62. The van der Waals surface area contributed by atoms with Crippen LogP contribution in [0.25, 0.3) is 0 Å². The van der Waals surface area contributed by atoms with E-state index in [-0.39, 0.29) is 0 Å². The Labute approximate surface area is 165 Å². The molecule has 27 heavy (non-hydrogen) atoms. The molecule has 0 amide bonds. The van der Waals surface area contributed by atoms with Gasteiger partial charge in [0, 0.05) is 12.7 Å². The second-order valence-corrected chi connectivity index (χ2v) is 6.52. The average Bonchev–Trinajstić information content (AvgIpc) is 2.72. The van der Waals surface area contributed by atoms with Gasteiger partial charge in [-0.25, -0.2) is 4.98 Å². The Hall–Kier alpha value is -2.72. The molecule has 0 aliphatic carbocycles. The van der Waals surface area contributed by atoms with Gasteiger partial charge in [-0.15, -0.1) is 0 Å². The summed E-state index contributed by atoms with van der Waals surface area (Å²) >= 11 is 6.44. The lowest BCUT2D eigenvalue weighted by molar-refractivity contribution is 0.289. The van der Waals surface area contributed by atoms with Crippen molar-refractivity contribution in [1.29, 1.82) is 0 Å². The Morgan fingerprint density at radius 2 is 1.81 bits per heavy atom. The number of ether oxygens (including phenoxy) is 2. The molecule has 3 aromatic rings. The number of rotatable bonds is 9. The predicted molar refractivity (Wildman–Crippen MR) is 110 cm³/mol. The fourth-order valence-corrected chi connectivity index (χ4v) is 3.06. The van der Waals surface area contributed by atoms with Crippen LogP contribution in [0.5, 0.6) is 11.5 Å². The van der Waals surface area contributed by atoms with Crippen molar-refractivity contribution in [3.63, 3.8) is 0 Å². The SMILES string of the molecule is COc1cc(CNc2ccccn2)cc(Cl)c1OCCCc1ccccc1. The van der Waals surface area contributed by atoms with Gasteiger partial charge in [0.1, 0.15) is 5.82 Å². The first-order valence-corrected chi connectivity index (χ1v) is 9.32. The first kappa shape index (κ1) is 19.1. The van der Waals surface area contributed by atoms with Gasteiger partial charge >= 0.3 is 0 Å². The molecule has 1 N–H and O–H groups in total. The quantitative estimate of drug-likeness (QED) is 0.505. The highest BCUT2D eigenvalue weighted by Crippen LogP contribution is 2.36. The highest BCUT2D eigenvalue weighted by Gasteiger charge is 2.12. The van der Waals surface area contributed by atoms with Crippen molar-refractivity contribution in [1.82, 2.24) is 4.98 Å². The minimum absolute atomic E-state index is 0.548. The maximum atomic E-state index is 6.44. The lowest BCUT2D eigenvalue weighted by Crippen LogP contribution is -2.04. The van der Waals surface area contributed by atoms with E-state index in [4.69, 9.17) is 21.1 Å². The summed E-state index contributed by atoms with van der Waals surface area (Å²) in [4.78, 5) is 4.25. The summed E-state index contributed by atoms with van der Waals surface area (Å²) in [5.41, 5.74) is 2.30. The van der Waals surface area contributed by atoms with Crippen LogP contribution in [0, 0.1) is 0 Å². The van der Waals surface area contributed by atoms with Gasteiger partial charge in [-0.2, -0.15) is 0 Å². The zero-order valence-corrected chi connectivity index (χ0v) is 16.1. The van der Waals surface area contributed by atoms with E-state index in [1.165, 1.54) is 5.56 Å². The lowest BCUT2D eigenvalue weighted by atomic mass is 10.1. The molecule has 0 aliphatic rings. The van der Waals surface area contributed by atoms with Crippen molar-refractivity contribution in [3.8, 4) is 11.5 Å². The summed E-state index contributed by atoms with van der Waals surface area (Å²) in [6, 6.07) is 19.9. The molecular weight excluding hydrogens is 360 g/mol. The van der Waals surface area contributed by atoms with Gasteiger partial charge in [-0.05, 0) is 48.2 Å². The average molecular weight is 383 g/mol. The first-order valence-electron chi connectivity index (χ1n) is 8.94. The van der Waals surface area contributed by atoms with Crippen LogP contribution in [0.2, 0.25) is 5.02 Å². The van der Waals surface area contributed by atoms with E-state index in [1.807, 2.05) is 48.5 Å². The fourth-order valence-electron chi connectivity index (χ4n) is 2.77. The third-order valence-electron chi connectivity index (χ3n) is 4.13.